The Morgan fingerprint density at radius 3 is 3.00 bits per heavy atom. The maximum absolute atomic E-state index is 12.8. The number of rotatable bonds is 4. The minimum Gasteiger partial charge on any atom is -0.453 e. The molecule has 3 aromatic heterocycles. The number of hydrogen-bond acceptors (Lipinski definition) is 5. The number of amides is 1. The van der Waals surface area contributed by atoms with Crippen molar-refractivity contribution in [2.45, 2.75) is 39.2 Å². The Hall–Kier alpha value is -2.87. The van der Waals surface area contributed by atoms with Crippen LogP contribution in [0.5, 0.6) is 0 Å². The molecule has 1 aliphatic heterocycles. The zero-order valence-electron chi connectivity index (χ0n) is 16.3. The topological polar surface area (TPSA) is 92.8 Å². The van der Waals surface area contributed by atoms with Gasteiger partial charge in [0, 0.05) is 49.1 Å². The van der Waals surface area contributed by atoms with Gasteiger partial charge in [-0.2, -0.15) is 0 Å². The highest BCUT2D eigenvalue weighted by molar-refractivity contribution is 5.91. The summed E-state index contributed by atoms with van der Waals surface area (Å²) in [6.07, 6.45) is 1.83. The van der Waals surface area contributed by atoms with Crippen LogP contribution in [0, 0.1) is 13.8 Å². The van der Waals surface area contributed by atoms with Crippen LogP contribution in [-0.2, 0) is 11.3 Å². The third-order valence-electron chi connectivity index (χ3n) is 5.41. The molecule has 0 aromatic carbocycles. The Morgan fingerprint density at radius 2 is 2.21 bits per heavy atom. The monoisotopic (exact) mass is 384 g/mol. The van der Waals surface area contributed by atoms with E-state index < -0.39 is 0 Å². The molecule has 148 valence electrons. The number of aromatic amines is 1. The van der Waals surface area contributed by atoms with E-state index in [1.54, 1.807) is 26.2 Å². The van der Waals surface area contributed by atoms with Gasteiger partial charge in [-0.15, -0.1) is 0 Å². The second-order valence-electron chi connectivity index (χ2n) is 7.32. The van der Waals surface area contributed by atoms with E-state index in [0.29, 0.717) is 42.4 Å². The van der Waals surface area contributed by atoms with Gasteiger partial charge < -0.3 is 14.1 Å². The number of furan rings is 1. The number of H-pyrrole nitrogens is 1. The number of fused-ring (bicyclic) bond motifs is 1. The molecule has 4 heterocycles. The number of aryl methyl sites for hydroxylation is 1. The number of nitrogens with one attached hydrogen (secondary N) is 1. The Morgan fingerprint density at radius 1 is 1.39 bits per heavy atom. The smallest absolute Gasteiger partial charge is 0.289 e. The fourth-order valence-corrected chi connectivity index (χ4v) is 3.73. The normalized spacial score (nSPS) is 17.4. The molecule has 0 bridgehead atoms. The van der Waals surface area contributed by atoms with Crippen LogP contribution < -0.4 is 5.56 Å². The van der Waals surface area contributed by atoms with Gasteiger partial charge in [-0.25, -0.2) is 9.50 Å². The van der Waals surface area contributed by atoms with Crippen LogP contribution in [0.15, 0.2) is 27.4 Å². The maximum atomic E-state index is 12.8. The third kappa shape index (κ3) is 3.24. The average Bonchev–Trinajstić information content (AvgIpc) is 3.33. The lowest BCUT2D eigenvalue weighted by Crippen LogP contribution is -2.39. The van der Waals surface area contributed by atoms with Crippen LogP contribution >= 0.6 is 0 Å². The molecule has 3 aromatic rings. The fourth-order valence-electron chi connectivity index (χ4n) is 3.73. The zero-order chi connectivity index (χ0) is 19.8. The summed E-state index contributed by atoms with van der Waals surface area (Å²) in [4.78, 5) is 31.6. The molecule has 1 fully saturated rings. The molecule has 1 amide bonds. The quantitative estimate of drug-likeness (QED) is 0.746. The number of carbonyl (C=O) groups excluding carboxylic acids is 1. The molecular weight excluding hydrogens is 360 g/mol. The first-order valence-corrected chi connectivity index (χ1v) is 9.43. The van der Waals surface area contributed by atoms with Crippen molar-refractivity contribution in [2.24, 2.45) is 0 Å². The summed E-state index contributed by atoms with van der Waals surface area (Å²) in [6.45, 7) is 5.21. The largest absolute Gasteiger partial charge is 0.453 e. The number of piperidine rings is 1. The number of methoxy groups -OCH3 is 1. The van der Waals surface area contributed by atoms with Crippen LogP contribution in [0.25, 0.3) is 5.65 Å². The Bertz CT molecular complexity index is 1080. The molecule has 8 heteroatoms. The fraction of sp³-hybridized carbons (Fsp3) is 0.450. The second kappa shape index (κ2) is 7.27. The summed E-state index contributed by atoms with van der Waals surface area (Å²) < 4.78 is 12.1. The summed E-state index contributed by atoms with van der Waals surface area (Å²) >= 11 is 0. The van der Waals surface area contributed by atoms with Gasteiger partial charge >= 0.3 is 0 Å². The van der Waals surface area contributed by atoms with E-state index in [4.69, 9.17) is 9.15 Å². The molecule has 0 spiro atoms. The van der Waals surface area contributed by atoms with E-state index in [1.807, 2.05) is 17.9 Å². The SMILES string of the molecule is COCc1ccc(C(=O)N2CCCC(c3cc4nc(C)c(C)c(=O)n4[nH]3)C2)o1. The van der Waals surface area contributed by atoms with Gasteiger partial charge in [0.05, 0.1) is 0 Å². The molecule has 1 atom stereocenters. The van der Waals surface area contributed by atoms with Crippen molar-refractivity contribution in [3.8, 4) is 0 Å². The molecule has 4 rings (SSSR count). The van der Waals surface area contributed by atoms with Crippen LogP contribution in [0.1, 0.15) is 52.0 Å². The molecule has 0 saturated carbocycles. The molecule has 1 aliphatic rings. The highest BCUT2D eigenvalue weighted by Crippen LogP contribution is 2.27. The number of carbonyl (C=O) groups is 1. The lowest BCUT2D eigenvalue weighted by atomic mass is 9.94. The van der Waals surface area contributed by atoms with Gasteiger partial charge in [0.25, 0.3) is 11.5 Å². The van der Waals surface area contributed by atoms with Crippen molar-refractivity contribution >= 4 is 11.6 Å². The predicted molar refractivity (Wildman–Crippen MR) is 103 cm³/mol. The molecule has 0 radical (unpaired) electrons. The van der Waals surface area contributed by atoms with E-state index in [2.05, 4.69) is 10.1 Å². The summed E-state index contributed by atoms with van der Waals surface area (Å²) in [5.41, 5.74) is 2.82. The molecule has 1 unspecified atom stereocenters. The maximum Gasteiger partial charge on any atom is 0.289 e. The van der Waals surface area contributed by atoms with Crippen LogP contribution in [-0.4, -0.2) is 45.6 Å². The van der Waals surface area contributed by atoms with E-state index in [9.17, 15) is 9.59 Å². The van der Waals surface area contributed by atoms with Gasteiger partial charge in [-0.3, -0.25) is 14.7 Å². The van der Waals surface area contributed by atoms with Crippen LogP contribution in [0.4, 0.5) is 0 Å². The average molecular weight is 384 g/mol. The minimum absolute atomic E-state index is 0.0845. The molecule has 0 aliphatic carbocycles. The summed E-state index contributed by atoms with van der Waals surface area (Å²) in [6, 6.07) is 5.37. The number of hydrogen-bond donors (Lipinski definition) is 1. The van der Waals surface area contributed by atoms with Gasteiger partial charge in [0.15, 0.2) is 11.4 Å². The van der Waals surface area contributed by atoms with Gasteiger partial charge in [-0.1, -0.05) is 0 Å². The Kier molecular flexibility index (Phi) is 4.80. The van der Waals surface area contributed by atoms with Crippen LogP contribution in [0.3, 0.4) is 0 Å². The van der Waals surface area contributed by atoms with Crippen molar-refractivity contribution in [1.29, 1.82) is 0 Å². The molecule has 1 saturated heterocycles. The summed E-state index contributed by atoms with van der Waals surface area (Å²) in [7, 11) is 1.59. The Labute approximate surface area is 162 Å². The van der Waals surface area contributed by atoms with Crippen LogP contribution in [0.2, 0.25) is 0 Å². The second-order valence-corrected chi connectivity index (χ2v) is 7.32. The first-order chi connectivity index (χ1) is 13.5. The number of likely N-dealkylation sites (tertiary alicyclic amines) is 1. The summed E-state index contributed by atoms with van der Waals surface area (Å²) in [5, 5.41) is 3.19. The first-order valence-electron chi connectivity index (χ1n) is 9.43. The van der Waals surface area contributed by atoms with Crippen molar-refractivity contribution in [2.75, 3.05) is 20.2 Å². The number of nitrogens with zero attached hydrogens (tertiary/aromatic N) is 3. The number of ether oxygens (including phenoxy) is 1. The Balaban J connectivity index is 1.56. The van der Waals surface area contributed by atoms with Crippen molar-refractivity contribution in [3.05, 3.63) is 57.0 Å². The third-order valence-corrected chi connectivity index (χ3v) is 5.41. The molecule has 28 heavy (non-hydrogen) atoms. The standard InChI is InChI=1S/C20H24N4O4/c1-12-13(2)21-18-9-16(22-24(18)19(12)25)14-5-4-8-23(10-14)20(26)17-7-6-15(28-17)11-27-3/h6-7,9,14,22H,4-5,8,10-11H2,1-3H3. The van der Waals surface area contributed by atoms with Crippen molar-refractivity contribution in [1.82, 2.24) is 19.5 Å². The van der Waals surface area contributed by atoms with Crippen molar-refractivity contribution < 1.29 is 13.9 Å². The number of aromatic nitrogens is 3. The highest BCUT2D eigenvalue weighted by Gasteiger charge is 2.28. The predicted octanol–water partition coefficient (Wildman–Crippen LogP) is 2.40. The summed E-state index contributed by atoms with van der Waals surface area (Å²) in [5.74, 6) is 0.956. The van der Waals surface area contributed by atoms with E-state index in [0.717, 1.165) is 24.2 Å². The zero-order valence-corrected chi connectivity index (χ0v) is 16.3. The van der Waals surface area contributed by atoms with Gasteiger partial charge in [0.1, 0.15) is 12.4 Å². The molecule has 8 nitrogen and oxygen atoms in total. The molecule has 1 N–H and O–H groups in total. The van der Waals surface area contributed by atoms with E-state index in [-0.39, 0.29) is 17.4 Å². The van der Waals surface area contributed by atoms with E-state index >= 15 is 0 Å². The molecular formula is C20H24N4O4. The van der Waals surface area contributed by atoms with Crippen molar-refractivity contribution in [3.63, 3.8) is 0 Å². The van der Waals surface area contributed by atoms with Gasteiger partial charge in [0.2, 0.25) is 0 Å². The van der Waals surface area contributed by atoms with Gasteiger partial charge in [-0.05, 0) is 38.8 Å². The highest BCUT2D eigenvalue weighted by atomic mass is 16.5. The van der Waals surface area contributed by atoms with E-state index in [1.165, 1.54) is 4.52 Å². The minimum atomic E-state index is -0.120. The lowest BCUT2D eigenvalue weighted by molar-refractivity contribution is 0.0666. The first kappa shape index (κ1) is 18.5. The lowest BCUT2D eigenvalue weighted by Gasteiger charge is -2.31.